The van der Waals surface area contributed by atoms with Gasteiger partial charge in [-0.05, 0) is 33.1 Å². The molecule has 1 rings (SSSR count). The van der Waals surface area contributed by atoms with E-state index >= 15 is 0 Å². The Labute approximate surface area is 162 Å². The van der Waals surface area contributed by atoms with Gasteiger partial charge in [0.15, 0.2) is 0 Å². The molecule has 1 atom stereocenters. The van der Waals surface area contributed by atoms with Crippen LogP contribution in [0, 0.1) is 0 Å². The first-order chi connectivity index (χ1) is 13.2. The maximum atomic E-state index is 12.2. The van der Waals surface area contributed by atoms with Crippen molar-refractivity contribution in [1.82, 2.24) is 20.3 Å². The van der Waals surface area contributed by atoms with E-state index in [0.717, 1.165) is 51.0 Å². The number of ether oxygens (including phenoxy) is 3. The molecule has 1 unspecified atom stereocenters. The molecule has 1 heterocycles. The number of unbranched alkanes of at least 4 members (excludes halogenated alkanes) is 2. The van der Waals surface area contributed by atoms with Crippen molar-refractivity contribution < 1.29 is 19.0 Å². The number of nitrogens with one attached hydrogen (secondary N) is 1. The van der Waals surface area contributed by atoms with Crippen LogP contribution in [-0.4, -0.2) is 60.0 Å². The molecule has 0 spiro atoms. The Hall–Kier alpha value is -1.51. The van der Waals surface area contributed by atoms with Crippen LogP contribution in [0.4, 0.5) is 0 Å². The summed E-state index contributed by atoms with van der Waals surface area (Å²) in [5, 5.41) is 11.1. The Morgan fingerprint density at radius 1 is 1.11 bits per heavy atom. The fourth-order valence-corrected chi connectivity index (χ4v) is 2.54. The van der Waals surface area contributed by atoms with E-state index in [0.29, 0.717) is 26.4 Å². The first-order valence-corrected chi connectivity index (χ1v) is 10.1. The monoisotopic (exact) mass is 384 g/mol. The maximum absolute atomic E-state index is 12.2. The predicted octanol–water partition coefficient (Wildman–Crippen LogP) is 2.32. The Bertz CT molecular complexity index is 488. The molecule has 8 heteroatoms. The van der Waals surface area contributed by atoms with Gasteiger partial charge in [-0.1, -0.05) is 25.0 Å². The van der Waals surface area contributed by atoms with Crippen LogP contribution in [0.5, 0.6) is 0 Å². The Morgan fingerprint density at radius 2 is 1.85 bits per heavy atom. The van der Waals surface area contributed by atoms with Crippen LogP contribution < -0.4 is 5.32 Å². The summed E-state index contributed by atoms with van der Waals surface area (Å²) >= 11 is 0. The molecule has 27 heavy (non-hydrogen) atoms. The lowest BCUT2D eigenvalue weighted by atomic mass is 10.1. The number of carbonyl (C=O) groups excluding carboxylic acids is 1. The van der Waals surface area contributed by atoms with Crippen molar-refractivity contribution in [2.75, 3.05) is 33.0 Å². The first kappa shape index (κ1) is 23.5. The fraction of sp³-hybridized carbons (Fsp3) is 0.842. The van der Waals surface area contributed by atoms with Crippen molar-refractivity contribution in [3.8, 4) is 0 Å². The van der Waals surface area contributed by atoms with Crippen LogP contribution in [0.15, 0.2) is 6.20 Å². The van der Waals surface area contributed by atoms with E-state index in [-0.39, 0.29) is 18.5 Å². The molecule has 0 aliphatic rings. The van der Waals surface area contributed by atoms with E-state index in [1.54, 1.807) is 10.9 Å². The second-order valence-electron chi connectivity index (χ2n) is 6.43. The first-order valence-electron chi connectivity index (χ1n) is 10.1. The quantitative estimate of drug-likeness (QED) is 0.415. The topological polar surface area (TPSA) is 87.5 Å². The molecule has 0 aliphatic carbocycles. The van der Waals surface area contributed by atoms with Crippen LogP contribution in [0.1, 0.15) is 58.6 Å². The Kier molecular flexibility index (Phi) is 13.5. The number of amides is 1. The van der Waals surface area contributed by atoms with Crippen LogP contribution >= 0.6 is 0 Å². The largest absolute Gasteiger partial charge is 0.382 e. The van der Waals surface area contributed by atoms with Crippen molar-refractivity contribution in [2.45, 2.75) is 72.1 Å². The summed E-state index contributed by atoms with van der Waals surface area (Å²) in [6, 6.07) is 0.0420. The zero-order valence-electron chi connectivity index (χ0n) is 17.1. The summed E-state index contributed by atoms with van der Waals surface area (Å²) < 4.78 is 17.9. The molecule has 0 saturated heterocycles. The third-order valence-corrected chi connectivity index (χ3v) is 3.97. The summed E-state index contributed by atoms with van der Waals surface area (Å²) in [6.45, 7) is 10.0. The summed E-state index contributed by atoms with van der Waals surface area (Å²) in [5.41, 5.74) is 0.726. The second-order valence-corrected chi connectivity index (χ2v) is 6.43. The Balaban J connectivity index is 2.27. The lowest BCUT2D eigenvalue weighted by Crippen LogP contribution is -2.40. The van der Waals surface area contributed by atoms with Crippen molar-refractivity contribution in [3.63, 3.8) is 0 Å². The van der Waals surface area contributed by atoms with Gasteiger partial charge < -0.3 is 19.5 Å². The molecule has 1 aromatic rings. The van der Waals surface area contributed by atoms with Crippen molar-refractivity contribution in [2.24, 2.45) is 0 Å². The van der Waals surface area contributed by atoms with E-state index in [9.17, 15) is 4.79 Å². The standard InChI is InChI=1S/C19H36N4O4/c1-4-7-10-17(15-26-6-3)20-19(24)14-23-13-18(21-22-23)16-27-12-9-8-11-25-5-2/h13,17H,4-12,14-16H2,1-3H3,(H,20,24). The smallest absolute Gasteiger partial charge is 0.242 e. The molecule has 0 bridgehead atoms. The number of carbonyl (C=O) groups is 1. The van der Waals surface area contributed by atoms with Gasteiger partial charge >= 0.3 is 0 Å². The van der Waals surface area contributed by atoms with Gasteiger partial charge in [0.1, 0.15) is 12.2 Å². The summed E-state index contributed by atoms with van der Waals surface area (Å²) in [6.07, 6.45) is 6.77. The van der Waals surface area contributed by atoms with Crippen LogP contribution in [0.3, 0.4) is 0 Å². The van der Waals surface area contributed by atoms with E-state index in [4.69, 9.17) is 14.2 Å². The lowest BCUT2D eigenvalue weighted by Gasteiger charge is -2.18. The molecule has 0 radical (unpaired) electrons. The van der Waals surface area contributed by atoms with Gasteiger partial charge in [-0.25, -0.2) is 4.68 Å². The third-order valence-electron chi connectivity index (χ3n) is 3.97. The van der Waals surface area contributed by atoms with E-state index in [1.165, 1.54) is 0 Å². The number of hydrogen-bond donors (Lipinski definition) is 1. The zero-order valence-corrected chi connectivity index (χ0v) is 17.1. The molecule has 156 valence electrons. The molecular formula is C19H36N4O4. The molecule has 0 aliphatic heterocycles. The minimum atomic E-state index is -0.0795. The van der Waals surface area contributed by atoms with Gasteiger partial charge in [0, 0.05) is 26.4 Å². The normalized spacial score (nSPS) is 12.3. The molecule has 1 amide bonds. The molecule has 1 aromatic heterocycles. The highest BCUT2D eigenvalue weighted by Gasteiger charge is 2.13. The third kappa shape index (κ3) is 11.7. The zero-order chi connectivity index (χ0) is 19.7. The minimum Gasteiger partial charge on any atom is -0.382 e. The molecule has 8 nitrogen and oxygen atoms in total. The van der Waals surface area contributed by atoms with Gasteiger partial charge in [-0.3, -0.25) is 4.79 Å². The van der Waals surface area contributed by atoms with Crippen LogP contribution in [-0.2, 0) is 32.2 Å². The molecule has 1 N–H and O–H groups in total. The summed E-state index contributed by atoms with van der Waals surface area (Å²) in [7, 11) is 0. The molecule has 0 fully saturated rings. The number of aromatic nitrogens is 3. The minimum absolute atomic E-state index is 0.0420. The second kappa shape index (κ2) is 15.5. The maximum Gasteiger partial charge on any atom is 0.242 e. The number of rotatable bonds is 17. The van der Waals surface area contributed by atoms with Gasteiger partial charge in [-0.15, -0.1) is 5.10 Å². The van der Waals surface area contributed by atoms with Crippen LogP contribution in [0.2, 0.25) is 0 Å². The highest BCUT2D eigenvalue weighted by Crippen LogP contribution is 2.03. The molecule has 0 saturated carbocycles. The summed E-state index contributed by atoms with van der Waals surface area (Å²) in [5.74, 6) is -0.0795. The number of nitrogens with zero attached hydrogens (tertiary/aromatic N) is 3. The van der Waals surface area contributed by atoms with E-state index in [1.807, 2.05) is 13.8 Å². The average Bonchev–Trinajstić information content (AvgIpc) is 3.10. The highest BCUT2D eigenvalue weighted by molar-refractivity contribution is 5.75. The van der Waals surface area contributed by atoms with Crippen molar-refractivity contribution in [1.29, 1.82) is 0 Å². The van der Waals surface area contributed by atoms with Gasteiger partial charge in [0.25, 0.3) is 0 Å². The SMILES string of the molecule is CCCCC(COCC)NC(=O)Cn1cc(COCCCCOCC)nn1. The van der Waals surface area contributed by atoms with E-state index in [2.05, 4.69) is 22.6 Å². The molecular weight excluding hydrogens is 348 g/mol. The average molecular weight is 385 g/mol. The van der Waals surface area contributed by atoms with E-state index < -0.39 is 0 Å². The van der Waals surface area contributed by atoms with Gasteiger partial charge in [0.2, 0.25) is 5.91 Å². The predicted molar refractivity (Wildman–Crippen MR) is 103 cm³/mol. The van der Waals surface area contributed by atoms with Crippen molar-refractivity contribution >= 4 is 5.91 Å². The number of hydrogen-bond acceptors (Lipinski definition) is 6. The van der Waals surface area contributed by atoms with Crippen LogP contribution in [0.25, 0.3) is 0 Å². The van der Waals surface area contributed by atoms with Crippen molar-refractivity contribution in [3.05, 3.63) is 11.9 Å². The highest BCUT2D eigenvalue weighted by atomic mass is 16.5. The summed E-state index contributed by atoms with van der Waals surface area (Å²) in [4.78, 5) is 12.2. The lowest BCUT2D eigenvalue weighted by molar-refractivity contribution is -0.123. The Morgan fingerprint density at radius 3 is 2.56 bits per heavy atom. The molecule has 0 aromatic carbocycles. The van der Waals surface area contributed by atoms with Gasteiger partial charge in [0.05, 0.1) is 25.5 Å². The fourth-order valence-electron chi connectivity index (χ4n) is 2.54. The van der Waals surface area contributed by atoms with Gasteiger partial charge in [-0.2, -0.15) is 0 Å².